The van der Waals surface area contributed by atoms with Crippen molar-refractivity contribution in [1.29, 1.82) is 0 Å². The number of urea groups is 1. The van der Waals surface area contributed by atoms with Crippen LogP contribution in [0.25, 0.3) is 0 Å². The molecule has 2 heterocycles. The van der Waals surface area contributed by atoms with E-state index in [1.165, 1.54) is 63.4 Å². The maximum atomic E-state index is 12.7. The predicted octanol–water partition coefficient (Wildman–Crippen LogP) is 5.82. The molecule has 0 radical (unpaired) electrons. The van der Waals surface area contributed by atoms with Gasteiger partial charge in [0.25, 0.3) is 5.91 Å². The van der Waals surface area contributed by atoms with E-state index in [-0.39, 0.29) is 11.9 Å². The maximum absolute atomic E-state index is 12.7. The molecule has 7 heteroatoms. The molecular weight excluding hydrogens is 444 g/mol. The minimum atomic E-state index is -0.416. The molecule has 1 aromatic rings. The van der Waals surface area contributed by atoms with Gasteiger partial charge in [-0.3, -0.25) is 10.1 Å². The molecule has 0 spiro atoms. The minimum Gasteiger partial charge on any atom is -0.336 e. The lowest BCUT2D eigenvalue weighted by Gasteiger charge is -2.36. The first-order valence-electron chi connectivity index (χ1n) is 13.2. The van der Waals surface area contributed by atoms with Gasteiger partial charge in [-0.1, -0.05) is 107 Å². The number of fused-ring (bicyclic) bond motifs is 1. The highest BCUT2D eigenvalue weighted by atomic mass is 32.2. The minimum absolute atomic E-state index is 0.219. The number of imide groups is 1. The van der Waals surface area contributed by atoms with E-state index in [0.717, 1.165) is 36.7 Å². The van der Waals surface area contributed by atoms with Gasteiger partial charge < -0.3 is 9.80 Å². The van der Waals surface area contributed by atoms with Crippen molar-refractivity contribution in [1.82, 2.24) is 15.1 Å². The lowest BCUT2D eigenvalue weighted by Crippen LogP contribution is -2.63. The number of nitrogens with one attached hydrogen (secondary N) is 1. The number of amides is 3. The fourth-order valence-corrected chi connectivity index (χ4v) is 5.73. The summed E-state index contributed by atoms with van der Waals surface area (Å²) in [5.74, 6) is 0.727. The lowest BCUT2D eigenvalue weighted by atomic mass is 10.1. The summed E-state index contributed by atoms with van der Waals surface area (Å²) in [6, 6.07) is 9.76. The van der Waals surface area contributed by atoms with Gasteiger partial charge in [0.15, 0.2) is 17.4 Å². The van der Waals surface area contributed by atoms with Gasteiger partial charge in [-0.05, 0) is 24.8 Å². The molecule has 2 aliphatic rings. The zero-order valence-electron chi connectivity index (χ0n) is 21.0. The van der Waals surface area contributed by atoms with Crippen molar-refractivity contribution >= 4 is 28.9 Å². The Balaban J connectivity index is 1.45. The van der Waals surface area contributed by atoms with Crippen molar-refractivity contribution < 1.29 is 9.59 Å². The van der Waals surface area contributed by atoms with E-state index in [1.54, 1.807) is 23.7 Å². The molecule has 1 fully saturated rings. The first-order valence-corrected chi connectivity index (χ1v) is 14.2. The highest BCUT2D eigenvalue weighted by Crippen LogP contribution is 2.29. The molecule has 1 saturated heterocycles. The van der Waals surface area contributed by atoms with E-state index < -0.39 is 12.2 Å². The van der Waals surface area contributed by atoms with Crippen molar-refractivity contribution in [2.75, 3.05) is 19.3 Å². The number of carbonyl (C=O) groups is 2. The first-order chi connectivity index (χ1) is 16.6. The second-order valence-electron chi connectivity index (χ2n) is 9.49. The second kappa shape index (κ2) is 14.4. The molecule has 6 nitrogen and oxygen atoms in total. The van der Waals surface area contributed by atoms with Crippen molar-refractivity contribution in [3.8, 4) is 0 Å². The summed E-state index contributed by atoms with van der Waals surface area (Å²) in [5, 5.41) is 3.42. The topological polar surface area (TPSA) is 65.0 Å². The van der Waals surface area contributed by atoms with Crippen LogP contribution >= 0.6 is 11.8 Å². The Morgan fingerprint density at radius 3 is 2.24 bits per heavy atom. The van der Waals surface area contributed by atoms with Crippen LogP contribution in [0.1, 0.15) is 83.1 Å². The smallest absolute Gasteiger partial charge is 0.325 e. The predicted molar refractivity (Wildman–Crippen MR) is 142 cm³/mol. The van der Waals surface area contributed by atoms with E-state index in [1.807, 2.05) is 6.07 Å². The van der Waals surface area contributed by atoms with Gasteiger partial charge in [-0.2, -0.15) is 0 Å². The summed E-state index contributed by atoms with van der Waals surface area (Å²) in [7, 11) is 1.73. The highest BCUT2D eigenvalue weighted by Gasteiger charge is 2.48. The Hall–Kier alpha value is -2.02. The van der Waals surface area contributed by atoms with Crippen molar-refractivity contribution in [3.05, 3.63) is 35.9 Å². The van der Waals surface area contributed by atoms with Crippen molar-refractivity contribution in [2.45, 2.75) is 96.2 Å². The van der Waals surface area contributed by atoms with Gasteiger partial charge in [0.05, 0.1) is 0 Å². The normalized spacial score (nSPS) is 19.9. The number of aryl methyl sites for hydroxylation is 1. The van der Waals surface area contributed by atoms with Gasteiger partial charge in [0.1, 0.15) is 0 Å². The summed E-state index contributed by atoms with van der Waals surface area (Å²) >= 11 is 1.72. The number of amidine groups is 1. The zero-order chi connectivity index (χ0) is 24.2. The van der Waals surface area contributed by atoms with Crippen LogP contribution in [-0.2, 0) is 11.2 Å². The molecule has 3 rings (SSSR count). The summed E-state index contributed by atoms with van der Waals surface area (Å²) < 4.78 is 0. The molecule has 0 aromatic heterocycles. The van der Waals surface area contributed by atoms with Crippen LogP contribution in [0.2, 0.25) is 0 Å². The van der Waals surface area contributed by atoms with Crippen LogP contribution in [0.15, 0.2) is 35.3 Å². The quantitative estimate of drug-likeness (QED) is 0.317. The molecule has 188 valence electrons. The first kappa shape index (κ1) is 26.6. The largest absolute Gasteiger partial charge is 0.336 e. The number of thioether (sulfide) groups is 1. The summed E-state index contributed by atoms with van der Waals surface area (Å²) in [4.78, 5) is 33.4. The number of hydrogen-bond acceptors (Lipinski definition) is 5. The highest BCUT2D eigenvalue weighted by molar-refractivity contribution is 8.13. The number of nitrogens with zero attached hydrogens (tertiary/aromatic N) is 3. The molecule has 1 N–H and O–H groups in total. The Morgan fingerprint density at radius 2 is 1.56 bits per heavy atom. The molecule has 0 saturated carbocycles. The Labute approximate surface area is 209 Å². The number of carbonyl (C=O) groups excluding carboxylic acids is 2. The number of rotatable bonds is 15. The molecule has 0 aliphatic carbocycles. The summed E-state index contributed by atoms with van der Waals surface area (Å²) in [6.45, 7) is 3.08. The molecule has 2 unspecified atom stereocenters. The third-order valence-corrected chi connectivity index (χ3v) is 7.85. The molecule has 1 aromatic carbocycles. The van der Waals surface area contributed by atoms with Crippen LogP contribution in [-0.4, -0.2) is 58.5 Å². The van der Waals surface area contributed by atoms with Gasteiger partial charge in [-0.25, -0.2) is 9.79 Å². The molecule has 2 atom stereocenters. The molecule has 2 aliphatic heterocycles. The number of aliphatic imine (C=N–C) groups is 1. The standard InChI is InChI=1S/C27H42N4O2S/c1-3-4-5-6-7-8-9-10-11-15-20-31-23-24(30(2)26(33)29-25(23)32)28-27(31)34-21-16-19-22-17-13-12-14-18-22/h12-14,17-18,23-24H,3-11,15-16,19-21H2,1-2H3,(H,29,32,33). The van der Waals surface area contributed by atoms with Crippen LogP contribution in [0, 0.1) is 0 Å². The monoisotopic (exact) mass is 486 g/mol. The lowest BCUT2D eigenvalue weighted by molar-refractivity contribution is -0.127. The van der Waals surface area contributed by atoms with Crippen LogP contribution < -0.4 is 5.32 Å². The average Bonchev–Trinajstić information content (AvgIpc) is 3.21. The molecule has 3 amide bonds. The van der Waals surface area contributed by atoms with Gasteiger partial charge in [-0.15, -0.1) is 0 Å². The summed E-state index contributed by atoms with van der Waals surface area (Å²) in [5.41, 5.74) is 1.34. The van der Waals surface area contributed by atoms with Gasteiger partial charge in [0.2, 0.25) is 0 Å². The van der Waals surface area contributed by atoms with Crippen LogP contribution in [0.3, 0.4) is 0 Å². The van der Waals surface area contributed by atoms with Gasteiger partial charge in [0, 0.05) is 19.3 Å². The maximum Gasteiger partial charge on any atom is 0.325 e. The fraction of sp³-hybridized carbons (Fsp3) is 0.667. The van der Waals surface area contributed by atoms with E-state index >= 15 is 0 Å². The Kier molecular flexibility index (Phi) is 11.3. The van der Waals surface area contributed by atoms with Crippen LogP contribution in [0.5, 0.6) is 0 Å². The third kappa shape index (κ3) is 7.76. The third-order valence-electron chi connectivity index (χ3n) is 6.76. The Morgan fingerprint density at radius 1 is 0.912 bits per heavy atom. The van der Waals surface area contributed by atoms with E-state index in [0.29, 0.717) is 0 Å². The summed E-state index contributed by atoms with van der Waals surface area (Å²) in [6.07, 6.45) is 14.5. The number of likely N-dealkylation sites (N-methyl/N-ethyl adjacent to an activating group) is 1. The van der Waals surface area contributed by atoms with Crippen molar-refractivity contribution in [3.63, 3.8) is 0 Å². The SMILES string of the molecule is CCCCCCCCCCCCN1C(SCCCc2ccccc2)=NC2C1C(=O)NC(=O)N2C. The van der Waals surface area contributed by atoms with Crippen LogP contribution in [0.4, 0.5) is 4.79 Å². The van der Waals surface area contributed by atoms with E-state index in [4.69, 9.17) is 4.99 Å². The average molecular weight is 487 g/mol. The van der Waals surface area contributed by atoms with E-state index in [2.05, 4.69) is 41.4 Å². The molecule has 0 bridgehead atoms. The molecule has 34 heavy (non-hydrogen) atoms. The Bertz CT molecular complexity index is 801. The second-order valence-corrected chi connectivity index (χ2v) is 10.6. The number of hydrogen-bond donors (Lipinski definition) is 1. The van der Waals surface area contributed by atoms with Crippen molar-refractivity contribution in [2.24, 2.45) is 4.99 Å². The fourth-order valence-electron chi connectivity index (χ4n) is 4.71. The number of benzene rings is 1. The number of unbranched alkanes of at least 4 members (excludes halogenated alkanes) is 9. The van der Waals surface area contributed by atoms with E-state index in [9.17, 15) is 9.59 Å². The zero-order valence-corrected chi connectivity index (χ0v) is 21.8. The molecular formula is C27H42N4O2S. The van der Waals surface area contributed by atoms with Gasteiger partial charge >= 0.3 is 6.03 Å².